The highest BCUT2D eigenvalue weighted by Gasteiger charge is 2.12. The number of para-hydroxylation sites is 1. The van der Waals surface area contributed by atoms with Crippen molar-refractivity contribution in [2.24, 2.45) is 4.99 Å². The van der Waals surface area contributed by atoms with Gasteiger partial charge in [-0.3, -0.25) is 5.10 Å². The first-order valence-electron chi connectivity index (χ1n) is 10.1. The highest BCUT2D eigenvalue weighted by Crippen LogP contribution is 2.18. The molecule has 3 N–H and O–H groups in total. The molecule has 0 aliphatic rings. The topological polar surface area (TPSA) is 87.2 Å². The summed E-state index contributed by atoms with van der Waals surface area (Å²) in [5.41, 5.74) is 2.01. The van der Waals surface area contributed by atoms with E-state index in [0.717, 1.165) is 29.9 Å². The monoisotopic (exact) mass is 538 g/mol. The van der Waals surface area contributed by atoms with Crippen molar-refractivity contribution in [1.82, 2.24) is 25.8 Å². The molecule has 3 aromatic rings. The van der Waals surface area contributed by atoms with Crippen LogP contribution in [0.5, 0.6) is 5.75 Å². The molecular formula is C22H28FIN6O. The van der Waals surface area contributed by atoms with Crippen LogP contribution in [0, 0.1) is 5.82 Å². The molecule has 1 unspecified atom stereocenters. The van der Waals surface area contributed by atoms with Crippen LogP contribution in [0.25, 0.3) is 11.4 Å². The number of nitrogens with one attached hydrogen (secondary N) is 3. The van der Waals surface area contributed by atoms with Gasteiger partial charge in [0.1, 0.15) is 12.4 Å². The normalized spacial score (nSPS) is 12.0. The average Bonchev–Trinajstić information content (AvgIpc) is 3.31. The van der Waals surface area contributed by atoms with Gasteiger partial charge in [0.2, 0.25) is 0 Å². The standard InChI is InChI=1S/C22H27FN6O.HI/c1-3-18(30-20-11-6-5-10-19(20)23)14-26-22(24-4-2)25-13-16-8-7-9-17(12-16)21-27-15-28-29-21;/h5-12,15,18H,3-4,13-14H2,1-2H3,(H2,24,25,26)(H,27,28,29);1H. The van der Waals surface area contributed by atoms with Gasteiger partial charge >= 0.3 is 0 Å². The largest absolute Gasteiger partial charge is 0.486 e. The molecule has 0 fully saturated rings. The third kappa shape index (κ3) is 7.50. The first-order chi connectivity index (χ1) is 14.7. The fraction of sp³-hybridized carbons (Fsp3) is 0.318. The van der Waals surface area contributed by atoms with Gasteiger partial charge in [0.15, 0.2) is 23.4 Å². The number of aliphatic imine (C=N–C) groups is 1. The van der Waals surface area contributed by atoms with Crippen molar-refractivity contribution in [2.45, 2.75) is 32.9 Å². The van der Waals surface area contributed by atoms with E-state index in [0.29, 0.717) is 19.0 Å². The lowest BCUT2D eigenvalue weighted by molar-refractivity contribution is 0.191. The van der Waals surface area contributed by atoms with E-state index in [9.17, 15) is 4.39 Å². The predicted octanol–water partition coefficient (Wildman–Crippen LogP) is 4.14. The van der Waals surface area contributed by atoms with Crippen LogP contribution in [0.2, 0.25) is 0 Å². The van der Waals surface area contributed by atoms with Crippen LogP contribution in [0.4, 0.5) is 4.39 Å². The van der Waals surface area contributed by atoms with Crippen LogP contribution < -0.4 is 15.4 Å². The van der Waals surface area contributed by atoms with E-state index < -0.39 is 0 Å². The van der Waals surface area contributed by atoms with Crippen molar-refractivity contribution in [3.63, 3.8) is 0 Å². The lowest BCUT2D eigenvalue weighted by atomic mass is 10.1. The third-order valence-corrected chi connectivity index (χ3v) is 4.46. The Balaban J connectivity index is 0.00000341. The molecule has 0 saturated carbocycles. The van der Waals surface area contributed by atoms with E-state index in [2.05, 4.69) is 30.8 Å². The highest BCUT2D eigenvalue weighted by molar-refractivity contribution is 14.0. The summed E-state index contributed by atoms with van der Waals surface area (Å²) in [6, 6.07) is 14.4. The van der Waals surface area contributed by atoms with Gasteiger partial charge in [0.05, 0.1) is 13.1 Å². The summed E-state index contributed by atoms with van der Waals surface area (Å²) >= 11 is 0. The SMILES string of the molecule is CCNC(=NCc1cccc(-c2ncn[nH]2)c1)NCC(CC)Oc1ccccc1F.I. The number of hydrogen-bond donors (Lipinski definition) is 3. The van der Waals surface area contributed by atoms with Crippen molar-refractivity contribution in [2.75, 3.05) is 13.1 Å². The second kappa shape index (κ2) is 12.9. The van der Waals surface area contributed by atoms with Crippen LogP contribution in [-0.4, -0.2) is 40.3 Å². The molecule has 0 amide bonds. The third-order valence-electron chi connectivity index (χ3n) is 4.46. The van der Waals surface area contributed by atoms with Crippen LogP contribution in [0.15, 0.2) is 59.9 Å². The minimum absolute atomic E-state index is 0. The van der Waals surface area contributed by atoms with Crippen LogP contribution in [0.1, 0.15) is 25.8 Å². The van der Waals surface area contributed by atoms with Gasteiger partial charge in [-0.1, -0.05) is 37.3 Å². The van der Waals surface area contributed by atoms with Crippen molar-refractivity contribution in [3.05, 3.63) is 66.2 Å². The Kier molecular flexibility index (Phi) is 10.2. The predicted molar refractivity (Wildman–Crippen MR) is 131 cm³/mol. The van der Waals surface area contributed by atoms with Gasteiger partial charge < -0.3 is 15.4 Å². The maximum Gasteiger partial charge on any atom is 0.191 e. The molecule has 0 radical (unpaired) electrons. The summed E-state index contributed by atoms with van der Waals surface area (Å²) in [5.74, 6) is 1.31. The van der Waals surface area contributed by atoms with Gasteiger partial charge in [-0.15, -0.1) is 24.0 Å². The number of aromatic amines is 1. The summed E-state index contributed by atoms with van der Waals surface area (Å²) in [6.45, 7) is 5.76. The molecule has 1 atom stereocenters. The summed E-state index contributed by atoms with van der Waals surface area (Å²) in [7, 11) is 0. The quantitative estimate of drug-likeness (QED) is 0.217. The zero-order valence-corrected chi connectivity index (χ0v) is 20.0. The number of guanidine groups is 1. The first kappa shape index (κ1) is 24.6. The zero-order valence-electron chi connectivity index (χ0n) is 17.6. The lowest BCUT2D eigenvalue weighted by Gasteiger charge is -2.20. The number of ether oxygens (including phenoxy) is 1. The molecular weight excluding hydrogens is 510 g/mol. The van der Waals surface area contributed by atoms with Crippen molar-refractivity contribution < 1.29 is 9.13 Å². The van der Waals surface area contributed by atoms with E-state index >= 15 is 0 Å². The van der Waals surface area contributed by atoms with Crippen molar-refractivity contribution in [1.29, 1.82) is 0 Å². The molecule has 1 heterocycles. The number of aromatic nitrogens is 3. The Hall–Kier alpha value is -2.69. The maximum absolute atomic E-state index is 13.9. The molecule has 7 nitrogen and oxygen atoms in total. The number of rotatable bonds is 9. The van der Waals surface area contributed by atoms with Gasteiger partial charge in [0.25, 0.3) is 0 Å². The van der Waals surface area contributed by atoms with Crippen LogP contribution in [-0.2, 0) is 6.54 Å². The van der Waals surface area contributed by atoms with E-state index in [1.165, 1.54) is 12.4 Å². The van der Waals surface area contributed by atoms with E-state index in [-0.39, 0.29) is 41.6 Å². The maximum atomic E-state index is 13.9. The Morgan fingerprint density at radius 2 is 2.00 bits per heavy atom. The second-order valence-electron chi connectivity index (χ2n) is 6.69. The molecule has 9 heteroatoms. The molecule has 166 valence electrons. The summed E-state index contributed by atoms with van der Waals surface area (Å²) in [5, 5.41) is 13.3. The van der Waals surface area contributed by atoms with Gasteiger partial charge in [-0.25, -0.2) is 14.4 Å². The summed E-state index contributed by atoms with van der Waals surface area (Å²) in [6.07, 6.45) is 2.04. The number of halogens is 2. The van der Waals surface area contributed by atoms with Crippen molar-refractivity contribution in [3.8, 4) is 17.1 Å². The molecule has 1 aromatic heterocycles. The molecule has 0 aliphatic heterocycles. The minimum atomic E-state index is -0.358. The van der Waals surface area contributed by atoms with E-state index in [1.54, 1.807) is 18.2 Å². The molecule has 0 saturated heterocycles. The molecule has 0 bridgehead atoms. The molecule has 2 aromatic carbocycles. The Bertz CT molecular complexity index is 951. The van der Waals surface area contributed by atoms with Gasteiger partial charge in [-0.05, 0) is 37.1 Å². The molecule has 3 rings (SSSR count). The number of hydrogen-bond acceptors (Lipinski definition) is 4. The fourth-order valence-electron chi connectivity index (χ4n) is 2.87. The van der Waals surface area contributed by atoms with E-state index in [4.69, 9.17) is 4.74 Å². The second-order valence-corrected chi connectivity index (χ2v) is 6.69. The number of benzene rings is 2. The minimum Gasteiger partial charge on any atom is -0.486 e. The first-order valence-corrected chi connectivity index (χ1v) is 10.1. The van der Waals surface area contributed by atoms with E-state index in [1.807, 2.05) is 38.1 Å². The fourth-order valence-corrected chi connectivity index (χ4v) is 2.87. The molecule has 0 aliphatic carbocycles. The number of H-pyrrole nitrogens is 1. The van der Waals surface area contributed by atoms with Crippen LogP contribution >= 0.6 is 24.0 Å². The van der Waals surface area contributed by atoms with Crippen LogP contribution in [0.3, 0.4) is 0 Å². The van der Waals surface area contributed by atoms with Crippen molar-refractivity contribution >= 4 is 29.9 Å². The summed E-state index contributed by atoms with van der Waals surface area (Å²) < 4.78 is 19.7. The molecule has 31 heavy (non-hydrogen) atoms. The average molecular weight is 538 g/mol. The van der Waals surface area contributed by atoms with Gasteiger partial charge in [-0.2, -0.15) is 5.10 Å². The van der Waals surface area contributed by atoms with Gasteiger partial charge in [0, 0.05) is 12.1 Å². The Morgan fingerprint density at radius 3 is 2.71 bits per heavy atom. The smallest absolute Gasteiger partial charge is 0.191 e. The zero-order chi connectivity index (χ0) is 21.2. The Labute approximate surface area is 198 Å². The Morgan fingerprint density at radius 1 is 1.16 bits per heavy atom. The summed E-state index contributed by atoms with van der Waals surface area (Å²) in [4.78, 5) is 8.84. The lowest BCUT2D eigenvalue weighted by Crippen LogP contribution is -2.42. The number of nitrogens with zero attached hydrogens (tertiary/aromatic N) is 3. The molecule has 0 spiro atoms. The highest BCUT2D eigenvalue weighted by atomic mass is 127.